The fourth-order valence-electron chi connectivity index (χ4n) is 2.63. The molecule has 1 aliphatic rings. The highest BCUT2D eigenvalue weighted by atomic mass is 79.9. The van der Waals surface area contributed by atoms with E-state index in [2.05, 4.69) is 28.1 Å². The van der Waals surface area contributed by atoms with Gasteiger partial charge in [-0.2, -0.15) is 0 Å². The van der Waals surface area contributed by atoms with Crippen molar-refractivity contribution >= 4 is 15.9 Å². The summed E-state index contributed by atoms with van der Waals surface area (Å²) >= 11 is 3.46. The molecule has 1 fully saturated rings. The highest BCUT2D eigenvalue weighted by Crippen LogP contribution is 2.34. The summed E-state index contributed by atoms with van der Waals surface area (Å²) < 4.78 is 6.71. The van der Waals surface area contributed by atoms with Gasteiger partial charge >= 0.3 is 0 Å². The lowest BCUT2D eigenvalue weighted by Gasteiger charge is -2.41. The van der Waals surface area contributed by atoms with Crippen LogP contribution in [0.2, 0.25) is 0 Å². The minimum absolute atomic E-state index is 0.223. The summed E-state index contributed by atoms with van der Waals surface area (Å²) in [7, 11) is 0. The van der Waals surface area contributed by atoms with Crippen LogP contribution in [0.1, 0.15) is 32.3 Å². The van der Waals surface area contributed by atoms with E-state index in [-0.39, 0.29) is 5.60 Å². The van der Waals surface area contributed by atoms with Crippen molar-refractivity contribution in [2.75, 3.05) is 6.61 Å². The van der Waals surface area contributed by atoms with Crippen LogP contribution in [-0.4, -0.2) is 22.9 Å². The Balaban J connectivity index is 2.12. The van der Waals surface area contributed by atoms with Gasteiger partial charge in [0, 0.05) is 17.3 Å². The van der Waals surface area contributed by atoms with Crippen LogP contribution in [0.5, 0.6) is 0 Å². The average molecular weight is 299 g/mol. The summed E-state index contributed by atoms with van der Waals surface area (Å²) in [5.74, 6) is 0. The molecule has 2 rings (SSSR count). The highest BCUT2D eigenvalue weighted by Gasteiger charge is 2.39. The molecule has 17 heavy (non-hydrogen) atoms. The molecule has 0 aromatic heterocycles. The Hall–Kier alpha value is -0.380. The zero-order valence-corrected chi connectivity index (χ0v) is 12.0. The molecule has 1 aromatic rings. The molecule has 1 heterocycles. The minimum atomic E-state index is -0.636. The van der Waals surface area contributed by atoms with Gasteiger partial charge in [0.15, 0.2) is 0 Å². The smallest absolute Gasteiger partial charge is 0.0737 e. The molecule has 1 aromatic carbocycles. The van der Waals surface area contributed by atoms with Crippen LogP contribution in [0.4, 0.5) is 0 Å². The summed E-state index contributed by atoms with van der Waals surface area (Å²) in [6, 6.07) is 8.14. The van der Waals surface area contributed by atoms with Gasteiger partial charge in [0.1, 0.15) is 0 Å². The van der Waals surface area contributed by atoms with Gasteiger partial charge in [0.05, 0.1) is 17.8 Å². The van der Waals surface area contributed by atoms with Gasteiger partial charge in [-0.05, 0) is 38.0 Å². The largest absolute Gasteiger partial charge is 0.389 e. The van der Waals surface area contributed by atoms with E-state index in [1.807, 2.05) is 26.0 Å². The van der Waals surface area contributed by atoms with E-state index < -0.39 is 5.60 Å². The monoisotopic (exact) mass is 298 g/mol. The van der Waals surface area contributed by atoms with Gasteiger partial charge in [-0.25, -0.2) is 0 Å². The molecule has 0 bridgehead atoms. The summed E-state index contributed by atoms with van der Waals surface area (Å²) in [6.45, 7) is 4.72. The summed E-state index contributed by atoms with van der Waals surface area (Å²) in [4.78, 5) is 0. The molecular formula is C14H19BrO2. The van der Waals surface area contributed by atoms with Gasteiger partial charge in [-0.15, -0.1) is 0 Å². The lowest BCUT2D eigenvalue weighted by atomic mass is 9.80. The standard InChI is InChI=1S/C14H19BrO2/c1-13(2)10-14(16,6-7-17-13)9-11-4-3-5-12(15)8-11/h3-5,8,16H,6-7,9-10H2,1-2H3. The number of aliphatic hydroxyl groups is 1. The van der Waals surface area contributed by atoms with Crippen LogP contribution in [-0.2, 0) is 11.2 Å². The molecule has 0 spiro atoms. The lowest BCUT2D eigenvalue weighted by molar-refractivity contribution is -0.143. The molecule has 1 unspecified atom stereocenters. The van der Waals surface area contributed by atoms with Crippen molar-refractivity contribution < 1.29 is 9.84 Å². The Kier molecular flexibility index (Phi) is 3.62. The Labute approximate surface area is 111 Å². The van der Waals surface area contributed by atoms with E-state index in [1.54, 1.807) is 0 Å². The van der Waals surface area contributed by atoms with E-state index in [0.717, 1.165) is 4.47 Å². The summed E-state index contributed by atoms with van der Waals surface area (Å²) in [6.07, 6.45) is 2.09. The Morgan fingerprint density at radius 2 is 2.18 bits per heavy atom. The third-order valence-corrected chi connectivity index (χ3v) is 3.73. The zero-order valence-electron chi connectivity index (χ0n) is 10.4. The first-order valence-corrected chi connectivity index (χ1v) is 6.79. The number of ether oxygens (including phenoxy) is 1. The number of hydrogen-bond acceptors (Lipinski definition) is 2. The molecule has 94 valence electrons. The van der Waals surface area contributed by atoms with Crippen molar-refractivity contribution in [3.63, 3.8) is 0 Å². The van der Waals surface area contributed by atoms with Crippen molar-refractivity contribution in [2.45, 2.75) is 44.3 Å². The molecular weight excluding hydrogens is 280 g/mol. The maximum atomic E-state index is 10.7. The first-order valence-electron chi connectivity index (χ1n) is 5.99. The third kappa shape index (κ3) is 3.54. The quantitative estimate of drug-likeness (QED) is 0.908. The van der Waals surface area contributed by atoms with Crippen molar-refractivity contribution in [1.29, 1.82) is 0 Å². The molecule has 2 nitrogen and oxygen atoms in total. The molecule has 1 atom stereocenters. The van der Waals surface area contributed by atoms with Gasteiger partial charge in [0.2, 0.25) is 0 Å². The van der Waals surface area contributed by atoms with Crippen LogP contribution in [0.15, 0.2) is 28.7 Å². The van der Waals surface area contributed by atoms with E-state index in [1.165, 1.54) is 5.56 Å². The Bertz CT molecular complexity index is 403. The van der Waals surface area contributed by atoms with Crippen molar-refractivity contribution in [3.05, 3.63) is 34.3 Å². The van der Waals surface area contributed by atoms with E-state index in [0.29, 0.717) is 25.9 Å². The van der Waals surface area contributed by atoms with Crippen LogP contribution in [0, 0.1) is 0 Å². The maximum Gasteiger partial charge on any atom is 0.0737 e. The molecule has 0 aliphatic carbocycles. The van der Waals surface area contributed by atoms with Crippen LogP contribution >= 0.6 is 15.9 Å². The SMILES string of the molecule is CC1(C)CC(O)(Cc2cccc(Br)c2)CCO1. The number of hydrogen-bond donors (Lipinski definition) is 1. The zero-order chi connectivity index (χ0) is 12.5. The first-order chi connectivity index (χ1) is 7.89. The molecule has 0 radical (unpaired) electrons. The second-order valence-electron chi connectivity index (χ2n) is 5.57. The highest BCUT2D eigenvalue weighted by molar-refractivity contribution is 9.10. The lowest BCUT2D eigenvalue weighted by Crippen LogP contribution is -2.47. The van der Waals surface area contributed by atoms with Gasteiger partial charge in [-0.3, -0.25) is 0 Å². The molecule has 3 heteroatoms. The predicted octanol–water partition coefficient (Wildman–Crippen LogP) is 3.31. The van der Waals surface area contributed by atoms with Crippen LogP contribution < -0.4 is 0 Å². The fourth-order valence-corrected chi connectivity index (χ4v) is 3.07. The number of halogens is 1. The third-order valence-electron chi connectivity index (χ3n) is 3.24. The molecule has 1 N–H and O–H groups in total. The van der Waals surface area contributed by atoms with E-state index >= 15 is 0 Å². The molecule has 1 saturated heterocycles. The minimum Gasteiger partial charge on any atom is -0.389 e. The summed E-state index contributed by atoms with van der Waals surface area (Å²) in [5, 5.41) is 10.7. The number of rotatable bonds is 2. The van der Waals surface area contributed by atoms with Crippen molar-refractivity contribution in [1.82, 2.24) is 0 Å². The Morgan fingerprint density at radius 3 is 2.82 bits per heavy atom. The average Bonchev–Trinajstić information content (AvgIpc) is 2.14. The second kappa shape index (κ2) is 4.71. The van der Waals surface area contributed by atoms with Crippen LogP contribution in [0.25, 0.3) is 0 Å². The molecule has 1 aliphatic heterocycles. The topological polar surface area (TPSA) is 29.5 Å². The van der Waals surface area contributed by atoms with Crippen molar-refractivity contribution in [2.24, 2.45) is 0 Å². The first kappa shape index (κ1) is 13.1. The van der Waals surface area contributed by atoms with Gasteiger partial charge in [-0.1, -0.05) is 28.1 Å². The Morgan fingerprint density at radius 1 is 1.41 bits per heavy atom. The number of benzene rings is 1. The second-order valence-corrected chi connectivity index (χ2v) is 6.48. The molecule has 0 saturated carbocycles. The van der Waals surface area contributed by atoms with Gasteiger partial charge < -0.3 is 9.84 Å². The molecule has 0 amide bonds. The fraction of sp³-hybridized carbons (Fsp3) is 0.571. The summed E-state index contributed by atoms with van der Waals surface area (Å²) in [5.41, 5.74) is 0.307. The van der Waals surface area contributed by atoms with Crippen LogP contribution in [0.3, 0.4) is 0 Å². The van der Waals surface area contributed by atoms with E-state index in [9.17, 15) is 5.11 Å². The van der Waals surface area contributed by atoms with Gasteiger partial charge in [0.25, 0.3) is 0 Å². The van der Waals surface area contributed by atoms with Crippen molar-refractivity contribution in [3.8, 4) is 0 Å². The predicted molar refractivity (Wildman–Crippen MR) is 72.1 cm³/mol. The maximum absolute atomic E-state index is 10.7. The van der Waals surface area contributed by atoms with E-state index in [4.69, 9.17) is 4.74 Å². The normalized spacial score (nSPS) is 28.0.